The van der Waals surface area contributed by atoms with Crippen molar-refractivity contribution in [2.45, 2.75) is 26.2 Å². The molecular formula is C15H21NO2. The molecule has 1 heterocycles. The van der Waals surface area contributed by atoms with Gasteiger partial charge in [-0.05, 0) is 56.1 Å². The van der Waals surface area contributed by atoms with Crippen LogP contribution in [0.4, 0.5) is 0 Å². The molecule has 0 amide bonds. The molecule has 98 valence electrons. The smallest absolute Gasteiger partial charge is 0.166 e. The van der Waals surface area contributed by atoms with E-state index >= 15 is 0 Å². The lowest BCUT2D eigenvalue weighted by Crippen LogP contribution is -2.31. The summed E-state index contributed by atoms with van der Waals surface area (Å²) < 4.78 is 5.30. The van der Waals surface area contributed by atoms with Crippen LogP contribution < -0.4 is 10.1 Å². The quantitative estimate of drug-likeness (QED) is 0.830. The number of Topliss-reactive ketones (excluding diaryl/α,β-unsaturated/α-hetero) is 1. The summed E-state index contributed by atoms with van der Waals surface area (Å²) in [6, 6.07) is 5.79. The van der Waals surface area contributed by atoms with Gasteiger partial charge in [0, 0.05) is 11.5 Å². The van der Waals surface area contributed by atoms with E-state index in [1.54, 1.807) is 7.11 Å². The Hall–Kier alpha value is -1.35. The minimum absolute atomic E-state index is 0.185. The molecule has 1 aliphatic rings. The summed E-state index contributed by atoms with van der Waals surface area (Å²) in [6.07, 6.45) is 2.79. The fraction of sp³-hybridized carbons (Fsp3) is 0.533. The van der Waals surface area contributed by atoms with Gasteiger partial charge in [0.05, 0.1) is 7.11 Å². The lowest BCUT2D eigenvalue weighted by atomic mass is 9.89. The molecule has 0 aromatic heterocycles. The highest BCUT2D eigenvalue weighted by molar-refractivity contribution is 5.98. The van der Waals surface area contributed by atoms with Crippen LogP contribution in [0.25, 0.3) is 0 Å². The Labute approximate surface area is 109 Å². The highest BCUT2D eigenvalue weighted by Gasteiger charge is 2.22. The lowest BCUT2D eigenvalue weighted by molar-refractivity contribution is 0.0895. The number of piperidine rings is 1. The fourth-order valence-electron chi connectivity index (χ4n) is 2.53. The zero-order valence-corrected chi connectivity index (χ0v) is 11.2. The van der Waals surface area contributed by atoms with Crippen molar-refractivity contribution >= 4 is 5.78 Å². The average Bonchev–Trinajstić information content (AvgIpc) is 2.46. The number of hydrogen-bond acceptors (Lipinski definition) is 3. The van der Waals surface area contributed by atoms with Crippen molar-refractivity contribution in [2.24, 2.45) is 5.92 Å². The number of methoxy groups -OCH3 is 1. The molecule has 0 unspecified atom stereocenters. The molecule has 3 heteroatoms. The van der Waals surface area contributed by atoms with Crippen molar-refractivity contribution < 1.29 is 9.53 Å². The Morgan fingerprint density at radius 3 is 2.72 bits per heavy atom. The molecule has 0 atom stereocenters. The third kappa shape index (κ3) is 2.72. The third-order valence-corrected chi connectivity index (χ3v) is 3.66. The van der Waals surface area contributed by atoms with Gasteiger partial charge in [0.2, 0.25) is 0 Å². The summed E-state index contributed by atoms with van der Waals surface area (Å²) in [5.74, 6) is 1.34. The van der Waals surface area contributed by atoms with Crippen LogP contribution >= 0.6 is 0 Å². The first-order valence-corrected chi connectivity index (χ1v) is 6.68. The van der Waals surface area contributed by atoms with Crippen LogP contribution in [0.5, 0.6) is 5.75 Å². The van der Waals surface area contributed by atoms with Crippen molar-refractivity contribution in [3.8, 4) is 5.75 Å². The molecule has 0 aliphatic carbocycles. The van der Waals surface area contributed by atoms with E-state index in [1.165, 1.54) is 0 Å². The predicted octanol–water partition coefficient (Wildman–Crippen LogP) is 2.44. The molecular weight excluding hydrogens is 226 g/mol. The van der Waals surface area contributed by atoms with Gasteiger partial charge in [-0.15, -0.1) is 0 Å². The second kappa shape index (κ2) is 6.01. The SMILES string of the molecule is CCc1cc(C(=O)C2CCNCC2)ccc1OC. The lowest BCUT2D eigenvalue weighted by Gasteiger charge is -2.21. The third-order valence-electron chi connectivity index (χ3n) is 3.66. The van der Waals surface area contributed by atoms with Crippen molar-refractivity contribution in [3.63, 3.8) is 0 Å². The maximum atomic E-state index is 12.4. The van der Waals surface area contributed by atoms with Crippen LogP contribution in [0.3, 0.4) is 0 Å². The van der Waals surface area contributed by atoms with Gasteiger partial charge in [-0.25, -0.2) is 0 Å². The standard InChI is InChI=1S/C15H21NO2/c1-3-11-10-13(4-5-14(11)18-2)15(17)12-6-8-16-9-7-12/h4-5,10,12,16H,3,6-9H2,1-2H3. The minimum atomic E-state index is 0.185. The summed E-state index contributed by atoms with van der Waals surface area (Å²) in [5.41, 5.74) is 1.94. The van der Waals surface area contributed by atoms with E-state index in [0.717, 1.165) is 49.2 Å². The van der Waals surface area contributed by atoms with Gasteiger partial charge in [0.1, 0.15) is 5.75 Å². The Kier molecular flexibility index (Phi) is 4.37. The van der Waals surface area contributed by atoms with E-state index in [-0.39, 0.29) is 11.7 Å². The van der Waals surface area contributed by atoms with Crippen molar-refractivity contribution in [2.75, 3.05) is 20.2 Å². The monoisotopic (exact) mass is 247 g/mol. The van der Waals surface area contributed by atoms with E-state index in [2.05, 4.69) is 12.2 Å². The summed E-state index contributed by atoms with van der Waals surface area (Å²) in [7, 11) is 1.67. The highest BCUT2D eigenvalue weighted by Crippen LogP contribution is 2.24. The number of nitrogens with one attached hydrogen (secondary N) is 1. The van der Waals surface area contributed by atoms with E-state index in [1.807, 2.05) is 18.2 Å². The van der Waals surface area contributed by atoms with Crippen molar-refractivity contribution in [1.82, 2.24) is 5.32 Å². The van der Waals surface area contributed by atoms with E-state index < -0.39 is 0 Å². The maximum Gasteiger partial charge on any atom is 0.166 e. The number of hydrogen-bond donors (Lipinski definition) is 1. The largest absolute Gasteiger partial charge is 0.496 e. The molecule has 0 radical (unpaired) electrons. The Bertz CT molecular complexity index is 423. The molecule has 1 N–H and O–H groups in total. The van der Waals surface area contributed by atoms with Gasteiger partial charge in [-0.1, -0.05) is 6.92 Å². The van der Waals surface area contributed by atoms with Gasteiger partial charge < -0.3 is 10.1 Å². The van der Waals surface area contributed by atoms with Crippen LogP contribution in [-0.4, -0.2) is 26.0 Å². The number of ether oxygens (including phenoxy) is 1. The molecule has 1 saturated heterocycles. The summed E-state index contributed by atoms with van der Waals surface area (Å²) >= 11 is 0. The molecule has 18 heavy (non-hydrogen) atoms. The maximum absolute atomic E-state index is 12.4. The van der Waals surface area contributed by atoms with E-state index in [4.69, 9.17) is 4.74 Å². The first kappa shape index (κ1) is 13.1. The van der Waals surface area contributed by atoms with Gasteiger partial charge >= 0.3 is 0 Å². The molecule has 0 spiro atoms. The normalized spacial score (nSPS) is 16.6. The Morgan fingerprint density at radius 2 is 2.11 bits per heavy atom. The van der Waals surface area contributed by atoms with E-state index in [9.17, 15) is 4.79 Å². The zero-order chi connectivity index (χ0) is 13.0. The molecule has 1 aliphatic heterocycles. The molecule has 3 nitrogen and oxygen atoms in total. The first-order valence-electron chi connectivity index (χ1n) is 6.68. The first-order chi connectivity index (χ1) is 8.76. The van der Waals surface area contributed by atoms with Crippen LogP contribution in [0, 0.1) is 5.92 Å². The molecule has 1 aromatic carbocycles. The summed E-state index contributed by atoms with van der Waals surface area (Å²) in [6.45, 7) is 3.98. The molecule has 2 rings (SSSR count). The Morgan fingerprint density at radius 1 is 1.39 bits per heavy atom. The van der Waals surface area contributed by atoms with Crippen molar-refractivity contribution in [1.29, 1.82) is 0 Å². The zero-order valence-electron chi connectivity index (χ0n) is 11.2. The second-order valence-electron chi connectivity index (χ2n) is 4.77. The molecule has 0 bridgehead atoms. The van der Waals surface area contributed by atoms with E-state index in [0.29, 0.717) is 0 Å². The summed E-state index contributed by atoms with van der Waals surface area (Å²) in [4.78, 5) is 12.4. The van der Waals surface area contributed by atoms with Crippen LogP contribution in [-0.2, 0) is 6.42 Å². The van der Waals surface area contributed by atoms with Gasteiger partial charge in [-0.2, -0.15) is 0 Å². The number of benzene rings is 1. The number of aryl methyl sites for hydroxylation is 1. The number of carbonyl (C=O) groups excluding carboxylic acids is 1. The number of rotatable bonds is 4. The van der Waals surface area contributed by atoms with Gasteiger partial charge in [0.15, 0.2) is 5.78 Å². The second-order valence-corrected chi connectivity index (χ2v) is 4.77. The van der Waals surface area contributed by atoms with Gasteiger partial charge in [-0.3, -0.25) is 4.79 Å². The van der Waals surface area contributed by atoms with Crippen LogP contribution in [0.2, 0.25) is 0 Å². The summed E-state index contributed by atoms with van der Waals surface area (Å²) in [5, 5.41) is 3.29. The van der Waals surface area contributed by atoms with Crippen LogP contribution in [0.1, 0.15) is 35.7 Å². The fourth-order valence-corrected chi connectivity index (χ4v) is 2.53. The highest BCUT2D eigenvalue weighted by atomic mass is 16.5. The number of carbonyl (C=O) groups is 1. The average molecular weight is 247 g/mol. The van der Waals surface area contributed by atoms with Crippen molar-refractivity contribution in [3.05, 3.63) is 29.3 Å². The minimum Gasteiger partial charge on any atom is -0.496 e. The molecule has 1 fully saturated rings. The predicted molar refractivity (Wildman–Crippen MR) is 72.3 cm³/mol. The molecule has 0 saturated carbocycles. The topological polar surface area (TPSA) is 38.3 Å². The van der Waals surface area contributed by atoms with Gasteiger partial charge in [0.25, 0.3) is 0 Å². The van der Waals surface area contributed by atoms with Crippen LogP contribution in [0.15, 0.2) is 18.2 Å². The number of ketones is 1. The Balaban J connectivity index is 2.19. The molecule has 1 aromatic rings.